The van der Waals surface area contributed by atoms with Crippen LogP contribution in [0.3, 0.4) is 0 Å². The van der Waals surface area contributed by atoms with E-state index in [2.05, 4.69) is 0 Å². The van der Waals surface area contributed by atoms with Crippen molar-refractivity contribution in [3.8, 4) is 11.5 Å². The third-order valence-electron chi connectivity index (χ3n) is 6.14. The summed E-state index contributed by atoms with van der Waals surface area (Å²) in [5.74, 6) is -4.50. The normalized spacial score (nSPS) is 24.7. The lowest BCUT2D eigenvalue weighted by Crippen LogP contribution is -2.46. The van der Waals surface area contributed by atoms with Gasteiger partial charge in [-0.3, -0.25) is 14.4 Å². The number of ether oxygens (including phenoxy) is 1. The number of aromatic hydroxyl groups is 2. The van der Waals surface area contributed by atoms with Crippen molar-refractivity contribution in [2.45, 2.75) is 37.4 Å². The van der Waals surface area contributed by atoms with E-state index in [-0.39, 0.29) is 46.2 Å². The van der Waals surface area contributed by atoms with E-state index >= 15 is 0 Å². The van der Waals surface area contributed by atoms with Crippen LogP contribution in [0.1, 0.15) is 74.8 Å². The third-order valence-corrected chi connectivity index (χ3v) is 6.14. The molecule has 2 aromatic carbocycles. The Labute approximate surface area is 171 Å². The number of esters is 1. The fourth-order valence-electron chi connectivity index (χ4n) is 4.60. The number of hydrogen-bond acceptors (Lipinski definition) is 8. The first kappa shape index (κ1) is 20.1. The smallest absolute Gasteiger partial charge is 0.316 e. The molecule has 0 spiro atoms. The highest BCUT2D eigenvalue weighted by atomic mass is 16.5. The molecule has 156 valence electrons. The Morgan fingerprint density at radius 1 is 1.17 bits per heavy atom. The summed E-state index contributed by atoms with van der Waals surface area (Å²) in [6, 6.07) is 5.30. The molecular formula is C22H20O8. The van der Waals surface area contributed by atoms with Gasteiger partial charge in [-0.25, -0.2) is 0 Å². The molecule has 8 nitrogen and oxygen atoms in total. The zero-order valence-electron chi connectivity index (χ0n) is 16.3. The second-order valence-electron chi connectivity index (χ2n) is 7.64. The molecule has 0 fully saturated rings. The monoisotopic (exact) mass is 412 g/mol. The standard InChI is InChI=1S/C22H20O8/c1-3-22(29)8-13(24)15-10(17(22)21(28)30-2)7-11-16(20(15)27)19(26)14-9(18(11)25)5-4-6-12(14)23/h4-7,13,17,23-24,27,29H,3,8H2,1-2H3/t13-,17-,22-/m0/s1. The average Bonchev–Trinajstić information content (AvgIpc) is 2.70. The molecule has 0 heterocycles. The zero-order chi connectivity index (χ0) is 22.0. The number of aliphatic hydroxyl groups is 2. The average molecular weight is 412 g/mol. The van der Waals surface area contributed by atoms with Crippen molar-refractivity contribution in [2.75, 3.05) is 7.11 Å². The van der Waals surface area contributed by atoms with E-state index in [9.17, 15) is 34.8 Å². The molecule has 4 rings (SSSR count). The first-order valence-electron chi connectivity index (χ1n) is 9.45. The van der Waals surface area contributed by atoms with Crippen LogP contribution in [0.2, 0.25) is 0 Å². The summed E-state index contributed by atoms with van der Waals surface area (Å²) in [4.78, 5) is 38.7. The number of phenols is 2. The molecule has 3 atom stereocenters. The SMILES string of the molecule is CC[C@]1(O)C[C@H](O)c2c(cc3c(c2O)C(=O)c2c(O)cccc2C3=O)[C@H]1C(=O)OC. The molecule has 0 saturated carbocycles. The predicted molar refractivity (Wildman–Crippen MR) is 103 cm³/mol. The quantitative estimate of drug-likeness (QED) is 0.466. The summed E-state index contributed by atoms with van der Waals surface area (Å²) in [6.07, 6.45) is -1.55. The highest BCUT2D eigenvalue weighted by molar-refractivity contribution is 6.30. The van der Waals surface area contributed by atoms with E-state index in [4.69, 9.17) is 4.74 Å². The number of hydrogen-bond donors (Lipinski definition) is 4. The Bertz CT molecular complexity index is 1120. The molecule has 0 aromatic heterocycles. The molecule has 30 heavy (non-hydrogen) atoms. The highest BCUT2D eigenvalue weighted by Crippen LogP contribution is 2.52. The number of carbonyl (C=O) groups excluding carboxylic acids is 3. The van der Waals surface area contributed by atoms with Gasteiger partial charge >= 0.3 is 5.97 Å². The molecule has 2 aliphatic carbocycles. The van der Waals surface area contributed by atoms with Gasteiger partial charge in [0.2, 0.25) is 5.78 Å². The molecular weight excluding hydrogens is 392 g/mol. The maximum absolute atomic E-state index is 13.1. The van der Waals surface area contributed by atoms with Gasteiger partial charge in [0, 0.05) is 23.1 Å². The number of aliphatic hydroxyl groups excluding tert-OH is 1. The number of fused-ring (bicyclic) bond motifs is 3. The minimum atomic E-state index is -1.67. The highest BCUT2D eigenvalue weighted by Gasteiger charge is 2.51. The summed E-state index contributed by atoms with van der Waals surface area (Å²) < 4.78 is 4.84. The largest absolute Gasteiger partial charge is 0.507 e. The third kappa shape index (κ3) is 2.50. The Hall–Kier alpha value is -3.23. The van der Waals surface area contributed by atoms with Gasteiger partial charge in [0.05, 0.1) is 29.9 Å². The number of benzene rings is 2. The summed E-state index contributed by atoms with van der Waals surface area (Å²) in [5.41, 5.74) is -2.53. The zero-order valence-corrected chi connectivity index (χ0v) is 16.3. The van der Waals surface area contributed by atoms with Crippen LogP contribution in [0.15, 0.2) is 24.3 Å². The second kappa shape index (κ2) is 6.65. The van der Waals surface area contributed by atoms with Crippen LogP contribution < -0.4 is 0 Å². The van der Waals surface area contributed by atoms with Gasteiger partial charge in [-0.1, -0.05) is 19.1 Å². The van der Waals surface area contributed by atoms with Crippen LogP contribution in [-0.2, 0) is 9.53 Å². The molecule has 0 unspecified atom stereocenters. The first-order chi connectivity index (χ1) is 14.2. The van der Waals surface area contributed by atoms with Crippen LogP contribution in [0.4, 0.5) is 0 Å². The molecule has 0 amide bonds. The van der Waals surface area contributed by atoms with E-state index in [1.165, 1.54) is 24.3 Å². The van der Waals surface area contributed by atoms with Crippen molar-refractivity contribution in [3.05, 3.63) is 57.6 Å². The fourth-order valence-corrected chi connectivity index (χ4v) is 4.60. The Balaban J connectivity index is 2.05. The molecule has 0 radical (unpaired) electrons. The maximum Gasteiger partial charge on any atom is 0.316 e. The molecule has 0 bridgehead atoms. The lowest BCUT2D eigenvalue weighted by atomic mass is 9.67. The minimum Gasteiger partial charge on any atom is -0.507 e. The van der Waals surface area contributed by atoms with E-state index < -0.39 is 46.7 Å². The topological polar surface area (TPSA) is 141 Å². The Kier molecular flexibility index (Phi) is 4.44. The summed E-state index contributed by atoms with van der Waals surface area (Å²) >= 11 is 0. The van der Waals surface area contributed by atoms with E-state index in [0.29, 0.717) is 0 Å². The number of phenolic OH excluding ortho intramolecular Hbond substituents is 2. The van der Waals surface area contributed by atoms with Crippen molar-refractivity contribution < 1.29 is 39.5 Å². The van der Waals surface area contributed by atoms with E-state index in [1.807, 2.05) is 0 Å². The second-order valence-corrected chi connectivity index (χ2v) is 7.64. The lowest BCUT2D eigenvalue weighted by molar-refractivity contribution is -0.153. The van der Waals surface area contributed by atoms with E-state index in [0.717, 1.165) is 7.11 Å². The molecule has 0 aliphatic heterocycles. The van der Waals surface area contributed by atoms with Gasteiger partial charge in [0.15, 0.2) is 5.78 Å². The van der Waals surface area contributed by atoms with Crippen LogP contribution >= 0.6 is 0 Å². The summed E-state index contributed by atoms with van der Waals surface area (Å²) in [5, 5.41) is 42.7. The Morgan fingerprint density at radius 2 is 1.87 bits per heavy atom. The van der Waals surface area contributed by atoms with Crippen molar-refractivity contribution in [2.24, 2.45) is 0 Å². The number of ketones is 2. The number of rotatable bonds is 2. The van der Waals surface area contributed by atoms with Crippen molar-refractivity contribution in [1.82, 2.24) is 0 Å². The Morgan fingerprint density at radius 3 is 2.50 bits per heavy atom. The molecule has 4 N–H and O–H groups in total. The minimum absolute atomic E-state index is 0.0333. The summed E-state index contributed by atoms with van der Waals surface area (Å²) in [7, 11) is 1.15. The van der Waals surface area contributed by atoms with Crippen molar-refractivity contribution in [3.63, 3.8) is 0 Å². The first-order valence-corrected chi connectivity index (χ1v) is 9.45. The summed E-state index contributed by atoms with van der Waals surface area (Å²) in [6.45, 7) is 1.64. The van der Waals surface area contributed by atoms with E-state index in [1.54, 1.807) is 6.92 Å². The van der Waals surface area contributed by atoms with Gasteiger partial charge < -0.3 is 25.2 Å². The van der Waals surface area contributed by atoms with Crippen LogP contribution in [0, 0.1) is 0 Å². The van der Waals surface area contributed by atoms with Gasteiger partial charge in [-0.05, 0) is 24.1 Å². The fraction of sp³-hybridized carbons (Fsp3) is 0.318. The van der Waals surface area contributed by atoms with Gasteiger partial charge in [0.1, 0.15) is 17.4 Å². The number of carbonyl (C=O) groups is 3. The van der Waals surface area contributed by atoms with Crippen LogP contribution in [-0.4, -0.2) is 50.7 Å². The predicted octanol–water partition coefficient (Wildman–Crippen LogP) is 1.71. The van der Waals surface area contributed by atoms with Crippen LogP contribution in [0.5, 0.6) is 11.5 Å². The lowest BCUT2D eigenvalue weighted by Gasteiger charge is -2.42. The van der Waals surface area contributed by atoms with Crippen LogP contribution in [0.25, 0.3) is 0 Å². The van der Waals surface area contributed by atoms with Gasteiger partial charge in [0.25, 0.3) is 0 Å². The maximum atomic E-state index is 13.1. The molecule has 0 saturated heterocycles. The van der Waals surface area contributed by atoms with Gasteiger partial charge in [-0.15, -0.1) is 0 Å². The number of methoxy groups -OCH3 is 1. The van der Waals surface area contributed by atoms with Crippen molar-refractivity contribution >= 4 is 17.5 Å². The van der Waals surface area contributed by atoms with Gasteiger partial charge in [-0.2, -0.15) is 0 Å². The molecule has 8 heteroatoms. The molecule has 2 aromatic rings. The van der Waals surface area contributed by atoms with Crippen molar-refractivity contribution in [1.29, 1.82) is 0 Å². The molecule has 2 aliphatic rings.